The molecule has 8 heteroatoms. The van der Waals surface area contributed by atoms with Crippen molar-refractivity contribution in [1.29, 1.82) is 0 Å². The molecule has 0 radical (unpaired) electrons. The Hall–Kier alpha value is -1.38. The average Bonchev–Trinajstić information content (AvgIpc) is 3.29. The van der Waals surface area contributed by atoms with Gasteiger partial charge in [-0.15, -0.1) is 18.3 Å². The number of ether oxygens (including phenoxy) is 1. The first-order chi connectivity index (χ1) is 18.7. The summed E-state index contributed by atoms with van der Waals surface area (Å²) in [6.07, 6.45) is 6.12. The molecular weight excluding hydrogens is 524 g/mol. The van der Waals surface area contributed by atoms with Gasteiger partial charge in [-0.05, 0) is 61.7 Å². The molecule has 1 unspecified atom stereocenters. The minimum atomic E-state index is -0.671. The number of aliphatic hydroxyl groups excluding tert-OH is 1. The van der Waals surface area contributed by atoms with Crippen molar-refractivity contribution in [3.63, 3.8) is 0 Å². The Morgan fingerprint density at radius 1 is 1.25 bits per heavy atom. The van der Waals surface area contributed by atoms with Gasteiger partial charge in [-0.2, -0.15) is 0 Å². The Labute approximate surface area is 245 Å². The van der Waals surface area contributed by atoms with Crippen LogP contribution in [-0.4, -0.2) is 70.0 Å². The third kappa shape index (κ3) is 5.30. The van der Waals surface area contributed by atoms with Gasteiger partial charge in [0.15, 0.2) is 0 Å². The van der Waals surface area contributed by atoms with E-state index >= 15 is 0 Å². The second kappa shape index (κ2) is 11.7. The molecule has 3 N–H and O–H groups in total. The Bertz CT molecular complexity index is 1000. The van der Waals surface area contributed by atoms with Gasteiger partial charge in [-0.3, -0.25) is 14.4 Å². The van der Waals surface area contributed by atoms with Crippen LogP contribution in [0.1, 0.15) is 86.5 Å². The number of amides is 1. The molecule has 1 aliphatic heterocycles. The number of nitrogens with zero attached hydrogens (tertiary/aromatic N) is 1. The van der Waals surface area contributed by atoms with Crippen LogP contribution in [0.3, 0.4) is 0 Å². The molecule has 40 heavy (non-hydrogen) atoms. The van der Waals surface area contributed by atoms with Crippen LogP contribution in [0.4, 0.5) is 0 Å². The van der Waals surface area contributed by atoms with E-state index in [1.807, 2.05) is 31.7 Å². The summed E-state index contributed by atoms with van der Waals surface area (Å²) in [5.74, 6) is 0.158. The summed E-state index contributed by atoms with van der Waals surface area (Å²) in [5.41, 5.74) is 4.70. The molecule has 0 aromatic heterocycles. The van der Waals surface area contributed by atoms with Crippen LogP contribution in [0.2, 0.25) is 0 Å². The zero-order chi connectivity index (χ0) is 29.6. The number of piperidine rings is 1. The normalized spacial score (nSPS) is 42.5. The van der Waals surface area contributed by atoms with Crippen molar-refractivity contribution < 1.29 is 24.2 Å². The van der Waals surface area contributed by atoms with Crippen molar-refractivity contribution in [3.8, 4) is 0 Å². The minimum absolute atomic E-state index is 0.0159. The van der Waals surface area contributed by atoms with Crippen molar-refractivity contribution in [3.05, 3.63) is 12.7 Å². The quantitative estimate of drug-likeness (QED) is 0.337. The standard InChI is InChI=1S/C32H52N2O5S/c1-8-30(6)16-24(31(7)20(4)11-13-32(21(5)28(30)37)14-12-23(35)27(31)32)39-25(36)18-40-22-10-9-15-34(17-22)29(38)26(33)19(2)3/h8,19-22,24,26-28,37H,1,9-18,33H2,2-7H3/t20-,21+,22?,24+,26-,27+,28+,30-,31+,32+/m1/s1. The molecule has 10 atom stereocenters. The van der Waals surface area contributed by atoms with Crippen LogP contribution in [0.25, 0.3) is 0 Å². The van der Waals surface area contributed by atoms with E-state index in [2.05, 4.69) is 27.4 Å². The van der Waals surface area contributed by atoms with Gasteiger partial charge in [0.25, 0.3) is 0 Å². The van der Waals surface area contributed by atoms with Gasteiger partial charge in [0.05, 0.1) is 17.9 Å². The lowest BCUT2D eigenvalue weighted by atomic mass is 9.44. The number of carbonyl (C=O) groups excluding carboxylic acids is 3. The first-order valence-electron chi connectivity index (χ1n) is 15.4. The molecule has 2 bridgehead atoms. The number of rotatable bonds is 7. The van der Waals surface area contributed by atoms with Crippen LogP contribution < -0.4 is 5.73 Å². The molecule has 1 saturated heterocycles. The Morgan fingerprint density at radius 2 is 1.95 bits per heavy atom. The van der Waals surface area contributed by atoms with Gasteiger partial charge in [0.2, 0.25) is 5.91 Å². The lowest BCUT2D eigenvalue weighted by molar-refractivity contribution is -0.205. The third-order valence-electron chi connectivity index (χ3n) is 11.7. The topological polar surface area (TPSA) is 110 Å². The monoisotopic (exact) mass is 576 g/mol. The maximum absolute atomic E-state index is 13.6. The summed E-state index contributed by atoms with van der Waals surface area (Å²) in [6.45, 7) is 17.8. The van der Waals surface area contributed by atoms with Gasteiger partial charge in [-0.1, -0.05) is 47.6 Å². The molecule has 1 amide bonds. The predicted molar refractivity (Wildman–Crippen MR) is 160 cm³/mol. The smallest absolute Gasteiger partial charge is 0.316 e. The maximum Gasteiger partial charge on any atom is 0.316 e. The van der Waals surface area contributed by atoms with Crippen LogP contribution in [-0.2, 0) is 19.1 Å². The molecule has 226 valence electrons. The number of esters is 1. The molecule has 0 spiro atoms. The average molecular weight is 577 g/mol. The van der Waals surface area contributed by atoms with Crippen molar-refractivity contribution >= 4 is 29.4 Å². The summed E-state index contributed by atoms with van der Waals surface area (Å²) < 4.78 is 6.38. The molecule has 4 fully saturated rings. The number of carbonyl (C=O) groups is 3. The molecule has 7 nitrogen and oxygen atoms in total. The second-order valence-electron chi connectivity index (χ2n) is 14.2. The molecule has 3 saturated carbocycles. The van der Waals surface area contributed by atoms with E-state index in [0.717, 1.165) is 32.1 Å². The summed E-state index contributed by atoms with van der Waals surface area (Å²) in [7, 11) is 0. The van der Waals surface area contributed by atoms with Gasteiger partial charge >= 0.3 is 5.97 Å². The van der Waals surface area contributed by atoms with Crippen LogP contribution in [0, 0.1) is 39.9 Å². The Balaban J connectivity index is 1.52. The number of hydrogen-bond donors (Lipinski definition) is 2. The van der Waals surface area contributed by atoms with E-state index in [1.54, 1.807) is 11.8 Å². The van der Waals surface area contributed by atoms with E-state index in [0.29, 0.717) is 25.9 Å². The number of Topliss-reactive ketones (excluding diaryl/α,β-unsaturated/α-hetero) is 1. The van der Waals surface area contributed by atoms with Gasteiger partial charge < -0.3 is 20.5 Å². The molecule has 4 aliphatic rings. The van der Waals surface area contributed by atoms with E-state index < -0.39 is 29.1 Å². The fourth-order valence-electron chi connectivity index (χ4n) is 8.65. The number of hydrogen-bond acceptors (Lipinski definition) is 7. The molecule has 0 aromatic carbocycles. The highest BCUT2D eigenvalue weighted by Gasteiger charge is 2.68. The lowest BCUT2D eigenvalue weighted by Crippen LogP contribution is -2.63. The highest BCUT2D eigenvalue weighted by atomic mass is 32.2. The maximum atomic E-state index is 13.6. The first kappa shape index (κ1) is 31.6. The third-order valence-corrected chi connectivity index (χ3v) is 13.0. The second-order valence-corrected chi connectivity index (χ2v) is 15.5. The van der Waals surface area contributed by atoms with Crippen LogP contribution in [0.15, 0.2) is 12.7 Å². The SMILES string of the molecule is C=C[C@]1(C)C[C@H](OC(=O)CSC2CCCN(C(=O)[C@H](N)C(C)C)C2)[C@]2(C)[C@H](C)CC[C@]3(CCC(=O)[C@H]32)[C@@H](C)[C@@H]1O. The fraction of sp³-hybridized carbons (Fsp3) is 0.844. The van der Waals surface area contributed by atoms with E-state index in [1.165, 1.54) is 0 Å². The molecular formula is C32H52N2O5S. The Kier molecular flexibility index (Phi) is 9.24. The van der Waals surface area contributed by atoms with Crippen molar-refractivity contribution in [2.75, 3.05) is 18.8 Å². The number of nitrogens with two attached hydrogens (primary N) is 1. The Morgan fingerprint density at radius 3 is 2.60 bits per heavy atom. The molecule has 3 aliphatic carbocycles. The van der Waals surface area contributed by atoms with Gasteiger partial charge in [-0.25, -0.2) is 0 Å². The first-order valence-corrected chi connectivity index (χ1v) is 16.5. The summed E-state index contributed by atoms with van der Waals surface area (Å²) in [6, 6.07) is -0.506. The van der Waals surface area contributed by atoms with E-state index in [9.17, 15) is 19.5 Å². The minimum Gasteiger partial charge on any atom is -0.461 e. The number of aliphatic hydroxyl groups is 1. The van der Waals surface area contributed by atoms with E-state index in [-0.39, 0.29) is 57.7 Å². The fourth-order valence-corrected chi connectivity index (χ4v) is 9.71. The predicted octanol–water partition coefficient (Wildman–Crippen LogP) is 4.60. The summed E-state index contributed by atoms with van der Waals surface area (Å²) in [4.78, 5) is 41.7. The zero-order valence-electron chi connectivity index (χ0n) is 25.5. The van der Waals surface area contributed by atoms with Gasteiger partial charge in [0, 0.05) is 41.5 Å². The zero-order valence-corrected chi connectivity index (χ0v) is 26.3. The van der Waals surface area contributed by atoms with E-state index in [4.69, 9.17) is 10.5 Å². The number of likely N-dealkylation sites (tertiary alicyclic amines) is 1. The molecule has 1 heterocycles. The van der Waals surface area contributed by atoms with Crippen molar-refractivity contribution in [2.45, 2.75) is 110 Å². The summed E-state index contributed by atoms with van der Waals surface area (Å²) >= 11 is 1.55. The highest BCUT2D eigenvalue weighted by molar-refractivity contribution is 8.00. The highest BCUT2D eigenvalue weighted by Crippen LogP contribution is 2.68. The summed E-state index contributed by atoms with van der Waals surface area (Å²) in [5, 5.41) is 11.8. The van der Waals surface area contributed by atoms with Crippen molar-refractivity contribution in [2.24, 2.45) is 45.7 Å². The van der Waals surface area contributed by atoms with Gasteiger partial charge in [0.1, 0.15) is 11.9 Å². The number of thioether (sulfide) groups is 1. The largest absolute Gasteiger partial charge is 0.461 e. The molecule has 4 rings (SSSR count). The number of ketones is 1. The lowest BCUT2D eigenvalue weighted by Gasteiger charge is -2.61. The van der Waals surface area contributed by atoms with Crippen LogP contribution in [0.5, 0.6) is 0 Å². The molecule has 0 aromatic rings. The van der Waals surface area contributed by atoms with Crippen LogP contribution >= 0.6 is 11.8 Å². The van der Waals surface area contributed by atoms with Crippen molar-refractivity contribution in [1.82, 2.24) is 4.90 Å².